The minimum absolute atomic E-state index is 0.0308. The highest BCUT2D eigenvalue weighted by Crippen LogP contribution is 2.25. The lowest BCUT2D eigenvalue weighted by molar-refractivity contribution is -0.141. The maximum absolute atomic E-state index is 13.0. The SMILES string of the molecule is CC(C)C[C@@H](C(=O)N[C@H](C=O)CC(=O)O)N1CC[C@@H](NC(=O)c2c(Cl)cccc2Cl)C1=O. The lowest BCUT2D eigenvalue weighted by Gasteiger charge is -2.29. The predicted molar refractivity (Wildman–Crippen MR) is 118 cm³/mol. The van der Waals surface area contributed by atoms with Crippen LogP contribution >= 0.6 is 23.2 Å². The number of carboxylic acid groups (broad SMARTS) is 1. The van der Waals surface area contributed by atoms with Gasteiger partial charge in [0.2, 0.25) is 11.8 Å². The van der Waals surface area contributed by atoms with Crippen molar-refractivity contribution in [2.24, 2.45) is 5.92 Å². The van der Waals surface area contributed by atoms with Crippen molar-refractivity contribution < 1.29 is 29.1 Å². The van der Waals surface area contributed by atoms with E-state index in [9.17, 15) is 24.0 Å². The summed E-state index contributed by atoms with van der Waals surface area (Å²) in [5.41, 5.74) is 0.0565. The summed E-state index contributed by atoms with van der Waals surface area (Å²) in [6.07, 6.45) is 0.351. The molecule has 0 bridgehead atoms. The molecule has 0 aliphatic carbocycles. The Balaban J connectivity index is 2.14. The van der Waals surface area contributed by atoms with Crippen LogP contribution in [-0.2, 0) is 19.2 Å². The Kier molecular flexibility index (Phi) is 9.03. The van der Waals surface area contributed by atoms with Gasteiger partial charge in [0.25, 0.3) is 5.91 Å². The third-order valence-electron chi connectivity index (χ3n) is 4.99. The lowest BCUT2D eigenvalue weighted by atomic mass is 10.0. The second kappa shape index (κ2) is 11.3. The second-order valence-corrected chi connectivity index (χ2v) is 8.75. The summed E-state index contributed by atoms with van der Waals surface area (Å²) in [6.45, 7) is 3.94. The zero-order chi connectivity index (χ0) is 24.0. The topological polar surface area (TPSA) is 133 Å². The van der Waals surface area contributed by atoms with Crippen molar-refractivity contribution in [2.75, 3.05) is 6.54 Å². The van der Waals surface area contributed by atoms with E-state index < -0.39 is 48.2 Å². The fourth-order valence-corrected chi connectivity index (χ4v) is 4.08. The average Bonchev–Trinajstić information content (AvgIpc) is 3.04. The van der Waals surface area contributed by atoms with Gasteiger partial charge in [-0.1, -0.05) is 43.1 Å². The number of carboxylic acids is 1. The van der Waals surface area contributed by atoms with Crippen LogP contribution in [0.3, 0.4) is 0 Å². The van der Waals surface area contributed by atoms with Gasteiger partial charge in [-0.2, -0.15) is 0 Å². The number of hydrogen-bond acceptors (Lipinski definition) is 5. The molecule has 1 fully saturated rings. The molecular formula is C21H25Cl2N3O6. The molecule has 3 N–H and O–H groups in total. The molecule has 1 aromatic rings. The molecule has 0 saturated carbocycles. The average molecular weight is 486 g/mol. The van der Waals surface area contributed by atoms with Gasteiger partial charge in [0.15, 0.2) is 0 Å². The van der Waals surface area contributed by atoms with E-state index in [-0.39, 0.29) is 34.5 Å². The van der Waals surface area contributed by atoms with E-state index in [0.29, 0.717) is 12.7 Å². The first kappa shape index (κ1) is 25.6. The molecule has 1 saturated heterocycles. The maximum Gasteiger partial charge on any atom is 0.305 e. The van der Waals surface area contributed by atoms with Crippen molar-refractivity contribution in [3.8, 4) is 0 Å². The number of likely N-dealkylation sites (tertiary alicyclic amines) is 1. The van der Waals surface area contributed by atoms with Crippen LogP contribution in [0, 0.1) is 5.92 Å². The van der Waals surface area contributed by atoms with Crippen molar-refractivity contribution in [2.45, 2.75) is 51.2 Å². The molecule has 0 spiro atoms. The van der Waals surface area contributed by atoms with E-state index in [0.717, 1.165) is 0 Å². The van der Waals surface area contributed by atoms with Gasteiger partial charge in [0.05, 0.1) is 28.1 Å². The summed E-state index contributed by atoms with van der Waals surface area (Å²) in [7, 11) is 0. The number of nitrogens with zero attached hydrogens (tertiary/aromatic N) is 1. The molecule has 1 aromatic carbocycles. The molecule has 0 aromatic heterocycles. The van der Waals surface area contributed by atoms with Crippen molar-refractivity contribution in [3.63, 3.8) is 0 Å². The third kappa shape index (κ3) is 6.43. The molecule has 11 heteroatoms. The molecule has 0 radical (unpaired) electrons. The monoisotopic (exact) mass is 485 g/mol. The Morgan fingerprint density at radius 2 is 1.88 bits per heavy atom. The van der Waals surface area contributed by atoms with E-state index in [2.05, 4.69) is 10.6 Å². The smallest absolute Gasteiger partial charge is 0.305 e. The van der Waals surface area contributed by atoms with Gasteiger partial charge < -0.3 is 25.4 Å². The van der Waals surface area contributed by atoms with Gasteiger partial charge in [-0.15, -0.1) is 0 Å². The second-order valence-electron chi connectivity index (χ2n) is 7.94. The first-order valence-electron chi connectivity index (χ1n) is 10.1. The Bertz CT molecular complexity index is 887. The van der Waals surface area contributed by atoms with Crippen molar-refractivity contribution in [3.05, 3.63) is 33.8 Å². The number of rotatable bonds is 10. The lowest BCUT2D eigenvalue weighted by Crippen LogP contribution is -2.53. The Morgan fingerprint density at radius 3 is 2.41 bits per heavy atom. The zero-order valence-electron chi connectivity index (χ0n) is 17.6. The molecule has 174 valence electrons. The molecule has 3 amide bonds. The van der Waals surface area contributed by atoms with Crippen molar-refractivity contribution in [1.82, 2.24) is 15.5 Å². The first-order chi connectivity index (χ1) is 15.0. The standard InChI is InChI=1S/C21H25Cl2N3O6/c1-11(2)8-16(19(30)24-12(10-27)9-17(28)29)26-7-6-15(21(26)32)25-20(31)18-13(22)4-3-5-14(18)23/h3-5,10-12,15-16H,6-9H2,1-2H3,(H,24,30)(H,25,31)(H,28,29)/t12-,15+,16-/m0/s1. The van der Waals surface area contributed by atoms with Crippen LogP contribution in [0.15, 0.2) is 18.2 Å². The van der Waals surface area contributed by atoms with E-state index in [1.165, 1.54) is 17.0 Å². The van der Waals surface area contributed by atoms with Crippen molar-refractivity contribution in [1.29, 1.82) is 0 Å². The summed E-state index contributed by atoms with van der Waals surface area (Å²) < 4.78 is 0. The predicted octanol–water partition coefficient (Wildman–Crippen LogP) is 1.90. The van der Waals surface area contributed by atoms with Gasteiger partial charge in [0, 0.05) is 6.54 Å². The van der Waals surface area contributed by atoms with Crippen LogP contribution in [0.2, 0.25) is 10.0 Å². The van der Waals surface area contributed by atoms with Crippen LogP contribution in [0.4, 0.5) is 0 Å². The molecule has 1 heterocycles. The minimum Gasteiger partial charge on any atom is -0.481 e. The number of carbonyl (C=O) groups is 5. The van der Waals surface area contributed by atoms with Gasteiger partial charge >= 0.3 is 5.97 Å². The largest absolute Gasteiger partial charge is 0.481 e. The molecule has 2 rings (SSSR count). The molecule has 9 nitrogen and oxygen atoms in total. The molecule has 0 unspecified atom stereocenters. The number of benzene rings is 1. The van der Waals surface area contributed by atoms with Gasteiger partial charge in [-0.25, -0.2) is 0 Å². The number of halogens is 2. The van der Waals surface area contributed by atoms with E-state index in [4.69, 9.17) is 28.3 Å². The fourth-order valence-electron chi connectivity index (χ4n) is 3.51. The van der Waals surface area contributed by atoms with Crippen LogP contribution in [0.1, 0.15) is 43.5 Å². The summed E-state index contributed by atoms with van der Waals surface area (Å²) in [5, 5.41) is 14.2. The van der Waals surface area contributed by atoms with E-state index in [1.807, 2.05) is 13.8 Å². The van der Waals surface area contributed by atoms with Crippen LogP contribution in [0.5, 0.6) is 0 Å². The zero-order valence-corrected chi connectivity index (χ0v) is 19.2. The molecular weight excluding hydrogens is 461 g/mol. The summed E-state index contributed by atoms with van der Waals surface area (Å²) >= 11 is 12.1. The van der Waals surface area contributed by atoms with Gasteiger partial charge in [-0.3, -0.25) is 19.2 Å². The molecule has 3 atom stereocenters. The maximum atomic E-state index is 13.0. The summed E-state index contributed by atoms with van der Waals surface area (Å²) in [4.78, 5) is 61.8. The fraction of sp³-hybridized carbons (Fsp3) is 0.476. The van der Waals surface area contributed by atoms with Gasteiger partial charge in [0.1, 0.15) is 18.4 Å². The highest BCUT2D eigenvalue weighted by atomic mass is 35.5. The quantitative estimate of drug-likeness (QED) is 0.433. The number of nitrogens with one attached hydrogen (secondary N) is 2. The van der Waals surface area contributed by atoms with Crippen LogP contribution in [0.25, 0.3) is 0 Å². The number of aliphatic carboxylic acids is 1. The first-order valence-corrected chi connectivity index (χ1v) is 10.8. The van der Waals surface area contributed by atoms with Crippen LogP contribution < -0.4 is 10.6 Å². The Morgan fingerprint density at radius 1 is 1.25 bits per heavy atom. The Labute approximate surface area is 195 Å². The minimum atomic E-state index is -1.24. The van der Waals surface area contributed by atoms with Crippen LogP contribution in [-0.4, -0.2) is 64.7 Å². The number of aldehydes is 1. The number of hydrogen-bond donors (Lipinski definition) is 3. The summed E-state index contributed by atoms with van der Waals surface area (Å²) in [5.74, 6) is -2.88. The van der Waals surface area contributed by atoms with E-state index in [1.54, 1.807) is 6.07 Å². The normalized spacial score (nSPS) is 17.7. The Hall–Kier alpha value is -2.65. The third-order valence-corrected chi connectivity index (χ3v) is 5.62. The van der Waals surface area contributed by atoms with E-state index >= 15 is 0 Å². The molecule has 1 aliphatic rings. The molecule has 1 aliphatic heterocycles. The number of carbonyl (C=O) groups excluding carboxylic acids is 4. The van der Waals surface area contributed by atoms with Gasteiger partial charge in [-0.05, 0) is 30.9 Å². The highest BCUT2D eigenvalue weighted by molar-refractivity contribution is 6.39. The number of amides is 3. The molecule has 32 heavy (non-hydrogen) atoms. The highest BCUT2D eigenvalue weighted by Gasteiger charge is 2.40. The summed E-state index contributed by atoms with van der Waals surface area (Å²) in [6, 6.07) is 1.62. The van der Waals surface area contributed by atoms with Crippen molar-refractivity contribution >= 4 is 53.2 Å².